The van der Waals surface area contributed by atoms with Crippen LogP contribution in [0.4, 0.5) is 0 Å². The van der Waals surface area contributed by atoms with E-state index in [0.717, 1.165) is 12.8 Å². The minimum atomic E-state index is -0.458. The van der Waals surface area contributed by atoms with Gasteiger partial charge in [0.15, 0.2) is 6.29 Å². The lowest BCUT2D eigenvalue weighted by Gasteiger charge is -2.13. The van der Waals surface area contributed by atoms with E-state index in [9.17, 15) is 0 Å². The van der Waals surface area contributed by atoms with Crippen molar-refractivity contribution in [3.05, 3.63) is 0 Å². The lowest BCUT2D eigenvalue weighted by molar-refractivity contribution is -0.118. The van der Waals surface area contributed by atoms with E-state index in [-0.39, 0.29) is 6.29 Å². The monoisotopic (exact) mass is 244 g/mol. The third kappa shape index (κ3) is 9.13. The first-order valence-corrected chi connectivity index (χ1v) is 6.14. The van der Waals surface area contributed by atoms with Gasteiger partial charge in [-0.3, -0.25) is 0 Å². The summed E-state index contributed by atoms with van der Waals surface area (Å²) >= 11 is 0. The molecule has 0 heterocycles. The average molecular weight is 244 g/mol. The van der Waals surface area contributed by atoms with Crippen LogP contribution in [-0.2, 0) is 18.9 Å². The topological polar surface area (TPSA) is 36.9 Å². The number of rotatable bonds is 9. The summed E-state index contributed by atoms with van der Waals surface area (Å²) in [7, 11) is 1.64. The Bertz CT molecular complexity index is 213. The van der Waals surface area contributed by atoms with Crippen LogP contribution in [0.5, 0.6) is 0 Å². The molecule has 100 valence electrons. The fraction of sp³-hybridized carbons (Fsp3) is 0.846. The summed E-state index contributed by atoms with van der Waals surface area (Å²) < 4.78 is 21.1. The molecule has 0 bridgehead atoms. The van der Waals surface area contributed by atoms with Crippen LogP contribution in [0.25, 0.3) is 0 Å². The van der Waals surface area contributed by atoms with Crippen molar-refractivity contribution in [1.82, 2.24) is 0 Å². The highest BCUT2D eigenvalue weighted by Gasteiger charge is 2.04. The molecular weight excluding hydrogens is 220 g/mol. The molecule has 0 spiro atoms. The van der Waals surface area contributed by atoms with Crippen molar-refractivity contribution in [3.63, 3.8) is 0 Å². The molecule has 1 unspecified atom stereocenters. The Labute approximate surface area is 105 Å². The molecule has 1 atom stereocenters. The SMILES string of the molecule is CCCC(OC)OCC#CC(OCC)OCC. The number of methoxy groups -OCH3 is 1. The van der Waals surface area contributed by atoms with Gasteiger partial charge in [-0.2, -0.15) is 0 Å². The number of hydrogen-bond donors (Lipinski definition) is 0. The third-order valence-corrected chi connectivity index (χ3v) is 1.98. The lowest BCUT2D eigenvalue weighted by Crippen LogP contribution is -2.17. The van der Waals surface area contributed by atoms with E-state index in [0.29, 0.717) is 19.8 Å². The summed E-state index contributed by atoms with van der Waals surface area (Å²) in [4.78, 5) is 0. The molecule has 0 rings (SSSR count). The minimum Gasteiger partial charge on any atom is -0.356 e. The molecule has 17 heavy (non-hydrogen) atoms. The second-order valence-electron chi connectivity index (χ2n) is 3.33. The van der Waals surface area contributed by atoms with E-state index >= 15 is 0 Å². The fourth-order valence-corrected chi connectivity index (χ4v) is 1.20. The molecule has 0 amide bonds. The van der Waals surface area contributed by atoms with Crippen LogP contribution in [0.1, 0.15) is 33.6 Å². The average Bonchev–Trinajstić information content (AvgIpc) is 2.33. The van der Waals surface area contributed by atoms with Crippen LogP contribution < -0.4 is 0 Å². The van der Waals surface area contributed by atoms with Crippen LogP contribution in [0.3, 0.4) is 0 Å². The molecule has 0 saturated heterocycles. The van der Waals surface area contributed by atoms with Crippen LogP contribution in [-0.4, -0.2) is 39.5 Å². The van der Waals surface area contributed by atoms with Crippen LogP contribution in [0.15, 0.2) is 0 Å². The first-order chi connectivity index (χ1) is 8.28. The minimum absolute atomic E-state index is 0.174. The first-order valence-electron chi connectivity index (χ1n) is 6.14. The van der Waals surface area contributed by atoms with Crippen molar-refractivity contribution in [3.8, 4) is 11.8 Å². The van der Waals surface area contributed by atoms with Crippen molar-refractivity contribution in [2.45, 2.75) is 46.2 Å². The van der Waals surface area contributed by atoms with Gasteiger partial charge < -0.3 is 18.9 Å². The van der Waals surface area contributed by atoms with Crippen LogP contribution in [0.2, 0.25) is 0 Å². The maximum atomic E-state index is 5.43. The van der Waals surface area contributed by atoms with E-state index in [1.54, 1.807) is 7.11 Å². The third-order valence-electron chi connectivity index (χ3n) is 1.98. The van der Waals surface area contributed by atoms with Crippen molar-refractivity contribution < 1.29 is 18.9 Å². The molecule has 0 aromatic carbocycles. The first kappa shape index (κ1) is 16.4. The van der Waals surface area contributed by atoms with Gasteiger partial charge in [-0.25, -0.2) is 0 Å². The predicted octanol–water partition coefficient (Wildman–Crippen LogP) is 2.18. The van der Waals surface area contributed by atoms with Gasteiger partial charge in [-0.1, -0.05) is 19.3 Å². The highest BCUT2D eigenvalue weighted by atomic mass is 16.7. The van der Waals surface area contributed by atoms with Gasteiger partial charge in [0.2, 0.25) is 6.29 Å². The molecule has 4 heteroatoms. The maximum Gasteiger partial charge on any atom is 0.222 e. The number of ether oxygens (including phenoxy) is 4. The molecular formula is C13H24O4. The zero-order valence-corrected chi connectivity index (χ0v) is 11.3. The van der Waals surface area contributed by atoms with Crippen molar-refractivity contribution in [2.24, 2.45) is 0 Å². The Morgan fingerprint density at radius 3 is 2.12 bits per heavy atom. The Morgan fingerprint density at radius 2 is 1.65 bits per heavy atom. The van der Waals surface area contributed by atoms with Crippen molar-refractivity contribution >= 4 is 0 Å². The van der Waals surface area contributed by atoms with E-state index in [2.05, 4.69) is 18.8 Å². The van der Waals surface area contributed by atoms with Crippen LogP contribution >= 0.6 is 0 Å². The van der Waals surface area contributed by atoms with Gasteiger partial charge in [-0.05, 0) is 26.2 Å². The van der Waals surface area contributed by atoms with Gasteiger partial charge in [0.25, 0.3) is 0 Å². The predicted molar refractivity (Wildman–Crippen MR) is 66.5 cm³/mol. The van der Waals surface area contributed by atoms with Gasteiger partial charge in [0, 0.05) is 20.3 Å². The summed E-state index contributed by atoms with van der Waals surface area (Å²) in [6.07, 6.45) is 1.26. The molecule has 0 aliphatic rings. The fourth-order valence-electron chi connectivity index (χ4n) is 1.20. The highest BCUT2D eigenvalue weighted by molar-refractivity contribution is 5.02. The molecule has 0 saturated carbocycles. The van der Waals surface area contributed by atoms with Crippen molar-refractivity contribution in [1.29, 1.82) is 0 Å². The van der Waals surface area contributed by atoms with Crippen LogP contribution in [0, 0.1) is 11.8 Å². The molecule has 4 nitrogen and oxygen atoms in total. The van der Waals surface area contributed by atoms with Gasteiger partial charge in [-0.15, -0.1) is 0 Å². The summed E-state index contributed by atoms with van der Waals surface area (Å²) in [5.41, 5.74) is 0. The van der Waals surface area contributed by atoms with Crippen molar-refractivity contribution in [2.75, 3.05) is 26.9 Å². The molecule has 0 aromatic heterocycles. The van der Waals surface area contributed by atoms with Gasteiger partial charge >= 0.3 is 0 Å². The Hall–Kier alpha value is -0.600. The van der Waals surface area contributed by atoms with E-state index in [1.165, 1.54) is 0 Å². The molecule has 0 fully saturated rings. The smallest absolute Gasteiger partial charge is 0.222 e. The molecule has 0 aliphatic carbocycles. The second-order valence-corrected chi connectivity index (χ2v) is 3.33. The largest absolute Gasteiger partial charge is 0.356 e. The lowest BCUT2D eigenvalue weighted by atomic mass is 10.3. The molecule has 0 aromatic rings. The Balaban J connectivity index is 3.89. The molecule has 0 N–H and O–H groups in total. The second kappa shape index (κ2) is 11.9. The Kier molecular flexibility index (Phi) is 11.5. The Morgan fingerprint density at radius 1 is 1.00 bits per heavy atom. The summed E-state index contributed by atoms with van der Waals surface area (Å²) in [6.45, 7) is 7.39. The summed E-state index contributed by atoms with van der Waals surface area (Å²) in [6, 6.07) is 0. The maximum absolute atomic E-state index is 5.43. The van der Waals surface area contributed by atoms with E-state index in [4.69, 9.17) is 18.9 Å². The zero-order chi connectivity index (χ0) is 12.9. The van der Waals surface area contributed by atoms with Gasteiger partial charge in [0.1, 0.15) is 6.61 Å². The zero-order valence-electron chi connectivity index (χ0n) is 11.3. The van der Waals surface area contributed by atoms with E-state index in [1.807, 2.05) is 13.8 Å². The normalized spacial score (nSPS) is 12.3. The summed E-state index contributed by atoms with van der Waals surface area (Å²) in [5.74, 6) is 5.74. The quantitative estimate of drug-likeness (QED) is 0.460. The number of hydrogen-bond acceptors (Lipinski definition) is 4. The van der Waals surface area contributed by atoms with E-state index < -0.39 is 6.29 Å². The standard InChI is InChI=1S/C13H24O4/c1-5-9-12(14-4)17-11-8-10-13(15-6-2)16-7-3/h12-13H,5-7,9,11H2,1-4H3. The molecule has 0 radical (unpaired) electrons. The summed E-state index contributed by atoms with van der Waals surface area (Å²) in [5, 5.41) is 0. The van der Waals surface area contributed by atoms with Gasteiger partial charge in [0.05, 0.1) is 0 Å². The highest BCUT2D eigenvalue weighted by Crippen LogP contribution is 2.01. The molecule has 0 aliphatic heterocycles.